The van der Waals surface area contributed by atoms with Crippen molar-refractivity contribution < 1.29 is 9.13 Å². The van der Waals surface area contributed by atoms with Gasteiger partial charge in [0.15, 0.2) is 17.5 Å². The molecular formula is C16H25FIN3O. The summed E-state index contributed by atoms with van der Waals surface area (Å²) in [6.07, 6.45) is 2.26. The molecule has 1 unspecified atom stereocenters. The minimum atomic E-state index is -0.334. The van der Waals surface area contributed by atoms with Gasteiger partial charge in [0, 0.05) is 19.6 Å². The van der Waals surface area contributed by atoms with Crippen LogP contribution in [-0.2, 0) is 0 Å². The number of para-hydroxylation sites is 1. The topological polar surface area (TPSA) is 36.9 Å². The van der Waals surface area contributed by atoms with E-state index in [1.165, 1.54) is 18.9 Å². The van der Waals surface area contributed by atoms with Crippen LogP contribution in [0, 0.1) is 5.82 Å². The lowest BCUT2D eigenvalue weighted by Gasteiger charge is -2.21. The number of benzene rings is 1. The van der Waals surface area contributed by atoms with Gasteiger partial charge in [0.05, 0.1) is 6.54 Å². The predicted octanol–water partition coefficient (Wildman–Crippen LogP) is 3.27. The van der Waals surface area contributed by atoms with Crippen LogP contribution in [0.15, 0.2) is 29.3 Å². The number of hydrogen-bond acceptors (Lipinski definition) is 2. The largest absolute Gasteiger partial charge is 0.486 e. The van der Waals surface area contributed by atoms with Crippen molar-refractivity contribution in [3.63, 3.8) is 0 Å². The highest BCUT2D eigenvalue weighted by Gasteiger charge is 2.16. The first-order valence-corrected chi connectivity index (χ1v) is 7.65. The van der Waals surface area contributed by atoms with Gasteiger partial charge in [-0.25, -0.2) is 9.38 Å². The Labute approximate surface area is 149 Å². The number of hydrogen-bond donors (Lipinski definition) is 1. The molecule has 4 nitrogen and oxygen atoms in total. The van der Waals surface area contributed by atoms with E-state index in [1.54, 1.807) is 18.2 Å². The third kappa shape index (κ3) is 5.62. The molecule has 1 aromatic carbocycles. The molecule has 1 aliphatic rings. The first-order valence-electron chi connectivity index (χ1n) is 7.65. The number of aliphatic imine (C=N–C) groups is 1. The molecule has 1 aromatic rings. The van der Waals surface area contributed by atoms with Crippen LogP contribution in [0.3, 0.4) is 0 Å². The fourth-order valence-corrected chi connectivity index (χ4v) is 2.36. The second-order valence-electron chi connectivity index (χ2n) is 5.25. The molecule has 2 rings (SSSR count). The predicted molar refractivity (Wildman–Crippen MR) is 98.7 cm³/mol. The monoisotopic (exact) mass is 421 g/mol. The molecule has 0 radical (unpaired) electrons. The van der Waals surface area contributed by atoms with Crippen LogP contribution in [0.1, 0.15) is 26.7 Å². The molecule has 0 aliphatic carbocycles. The van der Waals surface area contributed by atoms with E-state index in [0.29, 0.717) is 6.54 Å². The number of guanidine groups is 1. The Balaban J connectivity index is 0.00000242. The Morgan fingerprint density at radius 1 is 1.36 bits per heavy atom. The molecule has 1 saturated heterocycles. The highest BCUT2D eigenvalue weighted by Crippen LogP contribution is 2.17. The molecule has 0 aromatic heterocycles. The van der Waals surface area contributed by atoms with Gasteiger partial charge in [0.25, 0.3) is 0 Å². The summed E-state index contributed by atoms with van der Waals surface area (Å²) in [4.78, 5) is 6.87. The lowest BCUT2D eigenvalue weighted by atomic mass is 10.3. The Bertz CT molecular complexity index is 478. The second kappa shape index (κ2) is 9.86. The normalized spacial score (nSPS) is 16.1. The van der Waals surface area contributed by atoms with Crippen LogP contribution in [-0.4, -0.2) is 43.1 Å². The van der Waals surface area contributed by atoms with E-state index in [-0.39, 0.29) is 41.6 Å². The first-order chi connectivity index (χ1) is 10.2. The van der Waals surface area contributed by atoms with Gasteiger partial charge >= 0.3 is 0 Å². The van der Waals surface area contributed by atoms with Crippen LogP contribution in [0.2, 0.25) is 0 Å². The molecule has 0 bridgehead atoms. The van der Waals surface area contributed by atoms with Crippen LogP contribution >= 0.6 is 24.0 Å². The van der Waals surface area contributed by atoms with Crippen molar-refractivity contribution in [3.8, 4) is 5.75 Å². The number of nitrogens with one attached hydrogen (secondary N) is 1. The van der Waals surface area contributed by atoms with E-state index >= 15 is 0 Å². The van der Waals surface area contributed by atoms with E-state index in [4.69, 9.17) is 4.74 Å². The maximum absolute atomic E-state index is 13.5. The molecule has 124 valence electrons. The lowest BCUT2D eigenvalue weighted by molar-refractivity contribution is 0.219. The summed E-state index contributed by atoms with van der Waals surface area (Å²) in [6.45, 7) is 7.42. The van der Waals surface area contributed by atoms with E-state index in [1.807, 2.05) is 6.92 Å². The maximum atomic E-state index is 13.5. The zero-order chi connectivity index (χ0) is 15.1. The zero-order valence-electron chi connectivity index (χ0n) is 13.2. The van der Waals surface area contributed by atoms with Gasteiger partial charge in [-0.2, -0.15) is 0 Å². The Kier molecular flexibility index (Phi) is 8.52. The van der Waals surface area contributed by atoms with E-state index in [0.717, 1.165) is 25.6 Å². The highest BCUT2D eigenvalue weighted by atomic mass is 127. The standard InChI is InChI=1S/C16H24FN3O.HI/c1-3-18-16(20-10-6-7-11-20)19-12-13(2)21-15-9-5-4-8-14(15)17;/h4-5,8-9,13H,3,6-7,10-12H2,1-2H3,(H,18,19);1H. The SMILES string of the molecule is CCNC(=NCC(C)Oc1ccccc1F)N1CCCC1.I. The third-order valence-electron chi connectivity index (χ3n) is 3.40. The molecule has 0 saturated carbocycles. The van der Waals surface area contributed by atoms with Crippen LogP contribution in [0.25, 0.3) is 0 Å². The number of halogens is 2. The number of ether oxygens (including phenoxy) is 1. The molecule has 22 heavy (non-hydrogen) atoms. The van der Waals surface area contributed by atoms with Crippen molar-refractivity contribution >= 4 is 29.9 Å². The Morgan fingerprint density at radius 3 is 2.68 bits per heavy atom. The molecule has 0 spiro atoms. The van der Waals surface area contributed by atoms with Gasteiger partial charge in [0.1, 0.15) is 6.10 Å². The number of rotatable bonds is 5. The summed E-state index contributed by atoms with van der Waals surface area (Å²) in [7, 11) is 0. The first kappa shape index (κ1) is 19.0. The molecule has 1 atom stereocenters. The summed E-state index contributed by atoms with van der Waals surface area (Å²) in [5.41, 5.74) is 0. The van der Waals surface area contributed by atoms with Gasteiger partial charge in [-0.1, -0.05) is 12.1 Å². The van der Waals surface area contributed by atoms with Crippen molar-refractivity contribution in [3.05, 3.63) is 30.1 Å². The van der Waals surface area contributed by atoms with Crippen LogP contribution in [0.5, 0.6) is 5.75 Å². The van der Waals surface area contributed by atoms with Crippen molar-refractivity contribution in [2.24, 2.45) is 4.99 Å². The Morgan fingerprint density at radius 2 is 2.05 bits per heavy atom. The summed E-state index contributed by atoms with van der Waals surface area (Å²) >= 11 is 0. The van der Waals surface area contributed by atoms with Gasteiger partial charge in [-0.15, -0.1) is 24.0 Å². The molecule has 1 heterocycles. The summed E-state index contributed by atoms with van der Waals surface area (Å²) < 4.78 is 19.1. The van der Waals surface area contributed by atoms with Crippen molar-refractivity contribution in [2.75, 3.05) is 26.2 Å². The molecule has 6 heteroatoms. The molecule has 1 fully saturated rings. The Hall–Kier alpha value is -1.05. The quantitative estimate of drug-likeness (QED) is 0.451. The molecule has 1 aliphatic heterocycles. The van der Waals surface area contributed by atoms with Gasteiger partial charge < -0.3 is 15.0 Å². The maximum Gasteiger partial charge on any atom is 0.194 e. The van der Waals surface area contributed by atoms with Gasteiger partial charge in [-0.3, -0.25) is 0 Å². The minimum absolute atomic E-state index is 0. The van der Waals surface area contributed by atoms with Gasteiger partial charge in [-0.05, 0) is 38.8 Å². The fourth-order valence-electron chi connectivity index (χ4n) is 2.36. The summed E-state index contributed by atoms with van der Waals surface area (Å²) in [5, 5.41) is 3.30. The highest BCUT2D eigenvalue weighted by molar-refractivity contribution is 14.0. The fraction of sp³-hybridized carbons (Fsp3) is 0.562. The summed E-state index contributed by atoms with van der Waals surface area (Å²) in [6, 6.07) is 6.46. The van der Waals surface area contributed by atoms with Crippen LogP contribution in [0.4, 0.5) is 4.39 Å². The molecular weight excluding hydrogens is 396 g/mol. The van der Waals surface area contributed by atoms with Crippen molar-refractivity contribution in [1.82, 2.24) is 10.2 Å². The third-order valence-corrected chi connectivity index (χ3v) is 3.40. The molecule has 1 N–H and O–H groups in total. The van der Waals surface area contributed by atoms with E-state index in [2.05, 4.69) is 22.1 Å². The smallest absolute Gasteiger partial charge is 0.194 e. The average molecular weight is 421 g/mol. The minimum Gasteiger partial charge on any atom is -0.486 e. The van der Waals surface area contributed by atoms with E-state index < -0.39 is 0 Å². The van der Waals surface area contributed by atoms with Crippen molar-refractivity contribution in [2.45, 2.75) is 32.8 Å². The summed E-state index contributed by atoms with van der Waals surface area (Å²) in [5.74, 6) is 0.880. The van der Waals surface area contributed by atoms with E-state index in [9.17, 15) is 4.39 Å². The van der Waals surface area contributed by atoms with Crippen molar-refractivity contribution in [1.29, 1.82) is 0 Å². The number of likely N-dealkylation sites (tertiary alicyclic amines) is 1. The average Bonchev–Trinajstić information content (AvgIpc) is 3.00. The van der Waals surface area contributed by atoms with Gasteiger partial charge in [0.2, 0.25) is 0 Å². The molecule has 0 amide bonds. The second-order valence-corrected chi connectivity index (χ2v) is 5.25. The van der Waals surface area contributed by atoms with Crippen LogP contribution < -0.4 is 10.1 Å². The lowest BCUT2D eigenvalue weighted by Crippen LogP contribution is -2.40. The zero-order valence-corrected chi connectivity index (χ0v) is 15.5. The number of nitrogens with zero attached hydrogens (tertiary/aromatic N) is 2.